The van der Waals surface area contributed by atoms with Gasteiger partial charge in [-0.05, 0) is 36.9 Å². The lowest BCUT2D eigenvalue weighted by molar-refractivity contribution is 0.100. The number of nitrogens with two attached hydrogens (primary N) is 1. The van der Waals surface area contributed by atoms with Crippen LogP contribution in [0, 0.1) is 0 Å². The average molecular weight is 306 g/mol. The summed E-state index contributed by atoms with van der Waals surface area (Å²) in [6, 6.07) is 10.7. The summed E-state index contributed by atoms with van der Waals surface area (Å²) < 4.78 is 0. The van der Waals surface area contributed by atoms with E-state index in [-0.39, 0.29) is 11.9 Å². The molecule has 0 bridgehead atoms. The summed E-state index contributed by atoms with van der Waals surface area (Å²) in [4.78, 5) is 13.4. The third-order valence-electron chi connectivity index (χ3n) is 3.14. The molecule has 0 radical (unpaired) electrons. The van der Waals surface area contributed by atoms with Gasteiger partial charge in [-0.15, -0.1) is 23.1 Å². The van der Waals surface area contributed by atoms with Gasteiger partial charge in [-0.1, -0.05) is 12.1 Å². The van der Waals surface area contributed by atoms with Gasteiger partial charge in [0.05, 0.1) is 5.56 Å². The molecule has 2 aromatic rings. The van der Waals surface area contributed by atoms with Crippen LogP contribution in [0.1, 0.15) is 33.8 Å². The van der Waals surface area contributed by atoms with E-state index in [1.807, 2.05) is 6.07 Å². The topological polar surface area (TPSA) is 55.1 Å². The number of thioether (sulfide) groups is 1. The minimum absolute atomic E-state index is 0.269. The average Bonchev–Trinajstić information content (AvgIpc) is 2.94. The van der Waals surface area contributed by atoms with Gasteiger partial charge in [0.25, 0.3) is 0 Å². The molecule has 0 spiro atoms. The van der Waals surface area contributed by atoms with Crippen molar-refractivity contribution in [2.75, 3.05) is 6.26 Å². The van der Waals surface area contributed by atoms with Gasteiger partial charge in [0.1, 0.15) is 0 Å². The fourth-order valence-electron chi connectivity index (χ4n) is 1.87. The fraction of sp³-hybridized carbons (Fsp3) is 0.267. The Balaban J connectivity index is 1.93. The maximum absolute atomic E-state index is 11.0. The number of hydrogen-bond acceptors (Lipinski definition) is 4. The van der Waals surface area contributed by atoms with E-state index >= 15 is 0 Å². The zero-order valence-electron chi connectivity index (χ0n) is 11.6. The van der Waals surface area contributed by atoms with Crippen molar-refractivity contribution in [1.29, 1.82) is 0 Å². The van der Waals surface area contributed by atoms with Crippen LogP contribution in [0.3, 0.4) is 0 Å². The number of amides is 1. The van der Waals surface area contributed by atoms with Crippen molar-refractivity contribution in [3.63, 3.8) is 0 Å². The second-order valence-electron chi connectivity index (χ2n) is 4.54. The molecule has 0 aliphatic heterocycles. The molecule has 1 amide bonds. The van der Waals surface area contributed by atoms with Crippen molar-refractivity contribution in [3.05, 3.63) is 51.7 Å². The van der Waals surface area contributed by atoms with E-state index in [0.717, 1.165) is 11.4 Å². The zero-order chi connectivity index (χ0) is 14.5. The summed E-state index contributed by atoms with van der Waals surface area (Å²) in [6.45, 7) is 2.88. The first kappa shape index (κ1) is 15.1. The molecule has 3 nitrogen and oxygen atoms in total. The number of rotatable bonds is 6. The Kier molecular flexibility index (Phi) is 5.23. The van der Waals surface area contributed by atoms with Gasteiger partial charge in [-0.3, -0.25) is 4.79 Å². The third-order valence-corrected chi connectivity index (χ3v) is 4.82. The highest BCUT2D eigenvalue weighted by atomic mass is 32.2. The van der Waals surface area contributed by atoms with E-state index in [4.69, 9.17) is 5.73 Å². The summed E-state index contributed by atoms with van der Waals surface area (Å²) in [6.07, 6.45) is 2.07. The number of primary amides is 1. The Morgan fingerprint density at radius 1 is 1.40 bits per heavy atom. The summed E-state index contributed by atoms with van der Waals surface area (Å²) in [7, 11) is 0. The van der Waals surface area contributed by atoms with Gasteiger partial charge in [0.2, 0.25) is 5.91 Å². The lowest BCUT2D eigenvalue weighted by Crippen LogP contribution is -2.17. The molecule has 0 aliphatic rings. The lowest BCUT2D eigenvalue weighted by Gasteiger charge is -2.14. The molecule has 1 heterocycles. The second kappa shape index (κ2) is 6.92. The minimum atomic E-state index is -0.367. The molecule has 3 N–H and O–H groups in total. The molecule has 1 aromatic heterocycles. The summed E-state index contributed by atoms with van der Waals surface area (Å²) in [5, 5.41) is 5.26. The van der Waals surface area contributed by atoms with Crippen LogP contribution >= 0.6 is 23.1 Å². The zero-order valence-corrected chi connectivity index (χ0v) is 13.2. The van der Waals surface area contributed by atoms with Crippen LogP contribution in [0.5, 0.6) is 0 Å². The van der Waals surface area contributed by atoms with Gasteiger partial charge in [-0.2, -0.15) is 0 Å². The van der Waals surface area contributed by atoms with Gasteiger partial charge in [-0.25, -0.2) is 0 Å². The maximum Gasteiger partial charge on any atom is 0.249 e. The Morgan fingerprint density at radius 2 is 2.10 bits per heavy atom. The standard InChI is InChI=1S/C15H18N2OS2/c1-10(11-3-5-13(19-2)6-4-11)17-8-14-7-12(9-20-14)15(16)18/h3-7,9-10,17H,8H2,1-2H3,(H2,16,18). The first-order valence-corrected chi connectivity index (χ1v) is 8.45. The normalized spacial score (nSPS) is 12.3. The molecule has 5 heteroatoms. The molecular weight excluding hydrogens is 288 g/mol. The molecule has 1 atom stereocenters. The SMILES string of the molecule is CSc1ccc(C(C)NCc2cc(C(N)=O)cs2)cc1. The Labute approximate surface area is 127 Å². The van der Waals surface area contributed by atoms with E-state index in [0.29, 0.717) is 5.56 Å². The Morgan fingerprint density at radius 3 is 2.65 bits per heavy atom. The predicted molar refractivity (Wildman–Crippen MR) is 86.3 cm³/mol. The Bertz CT molecular complexity index is 578. The highest BCUT2D eigenvalue weighted by molar-refractivity contribution is 7.98. The molecule has 0 saturated heterocycles. The number of benzene rings is 1. The van der Waals surface area contributed by atoms with Crippen LogP contribution in [0.4, 0.5) is 0 Å². The third kappa shape index (κ3) is 3.85. The van der Waals surface area contributed by atoms with E-state index < -0.39 is 0 Å². The molecule has 0 aliphatic carbocycles. The smallest absolute Gasteiger partial charge is 0.249 e. The second-order valence-corrected chi connectivity index (χ2v) is 6.42. The van der Waals surface area contributed by atoms with Crippen LogP contribution in [-0.2, 0) is 6.54 Å². The van der Waals surface area contributed by atoms with Crippen LogP contribution in [-0.4, -0.2) is 12.2 Å². The molecule has 1 unspecified atom stereocenters. The molecular formula is C15H18N2OS2. The Hall–Kier alpha value is -1.30. The van der Waals surface area contributed by atoms with Gasteiger partial charge < -0.3 is 11.1 Å². The van der Waals surface area contributed by atoms with Crippen molar-refractivity contribution >= 4 is 29.0 Å². The van der Waals surface area contributed by atoms with Gasteiger partial charge in [0.15, 0.2) is 0 Å². The summed E-state index contributed by atoms with van der Waals surface area (Å²) in [5.41, 5.74) is 7.09. The molecule has 2 rings (SSSR count). The maximum atomic E-state index is 11.0. The van der Waals surface area contributed by atoms with Gasteiger partial charge in [0, 0.05) is 27.7 Å². The lowest BCUT2D eigenvalue weighted by atomic mass is 10.1. The number of nitrogens with one attached hydrogen (secondary N) is 1. The van der Waals surface area contributed by atoms with Crippen LogP contribution < -0.4 is 11.1 Å². The predicted octanol–water partition coefficient (Wildman–Crippen LogP) is 3.42. The van der Waals surface area contributed by atoms with Crippen molar-refractivity contribution in [2.24, 2.45) is 5.73 Å². The van der Waals surface area contributed by atoms with E-state index in [2.05, 4.69) is 42.8 Å². The molecule has 20 heavy (non-hydrogen) atoms. The first-order valence-electron chi connectivity index (χ1n) is 6.34. The number of thiophene rings is 1. The highest BCUT2D eigenvalue weighted by Crippen LogP contribution is 2.20. The molecule has 0 fully saturated rings. The molecule has 1 aromatic carbocycles. The first-order chi connectivity index (χ1) is 9.60. The van der Waals surface area contributed by atoms with E-state index in [1.165, 1.54) is 10.5 Å². The van der Waals surface area contributed by atoms with Crippen LogP contribution in [0.2, 0.25) is 0 Å². The molecule has 0 saturated carbocycles. The number of carbonyl (C=O) groups is 1. The van der Waals surface area contributed by atoms with Crippen LogP contribution in [0.15, 0.2) is 40.6 Å². The number of hydrogen-bond donors (Lipinski definition) is 2. The van der Waals surface area contributed by atoms with Crippen molar-refractivity contribution in [1.82, 2.24) is 5.32 Å². The highest BCUT2D eigenvalue weighted by Gasteiger charge is 2.08. The van der Waals surface area contributed by atoms with Crippen molar-refractivity contribution in [2.45, 2.75) is 24.4 Å². The fourth-order valence-corrected chi connectivity index (χ4v) is 3.10. The van der Waals surface area contributed by atoms with Crippen molar-refractivity contribution < 1.29 is 4.79 Å². The number of carbonyl (C=O) groups excluding carboxylic acids is 1. The van der Waals surface area contributed by atoms with E-state index in [1.54, 1.807) is 28.5 Å². The van der Waals surface area contributed by atoms with E-state index in [9.17, 15) is 4.79 Å². The largest absolute Gasteiger partial charge is 0.366 e. The van der Waals surface area contributed by atoms with Crippen LogP contribution in [0.25, 0.3) is 0 Å². The summed E-state index contributed by atoms with van der Waals surface area (Å²) in [5.74, 6) is -0.367. The molecule has 106 valence electrons. The van der Waals surface area contributed by atoms with Crippen molar-refractivity contribution in [3.8, 4) is 0 Å². The van der Waals surface area contributed by atoms with Gasteiger partial charge >= 0.3 is 0 Å². The summed E-state index contributed by atoms with van der Waals surface area (Å²) >= 11 is 3.30. The monoisotopic (exact) mass is 306 g/mol. The minimum Gasteiger partial charge on any atom is -0.366 e. The quantitative estimate of drug-likeness (QED) is 0.804.